The van der Waals surface area contributed by atoms with E-state index >= 15 is 0 Å². The largest absolute Gasteiger partial charge is 0.372 e. The van der Waals surface area contributed by atoms with Gasteiger partial charge in [0.15, 0.2) is 0 Å². The zero-order chi connectivity index (χ0) is 14.2. The third kappa shape index (κ3) is 4.83. The van der Waals surface area contributed by atoms with Gasteiger partial charge in [0.25, 0.3) is 0 Å². The van der Waals surface area contributed by atoms with E-state index < -0.39 is 0 Å². The maximum atomic E-state index is 5.85. The van der Waals surface area contributed by atoms with Gasteiger partial charge in [-0.05, 0) is 41.8 Å². The van der Waals surface area contributed by atoms with E-state index in [0.29, 0.717) is 13.2 Å². The highest BCUT2D eigenvalue weighted by atomic mass is 35.5. The fourth-order valence-corrected chi connectivity index (χ4v) is 1.91. The van der Waals surface area contributed by atoms with Crippen molar-refractivity contribution in [2.45, 2.75) is 26.6 Å². The van der Waals surface area contributed by atoms with Crippen molar-refractivity contribution in [1.29, 1.82) is 0 Å². The van der Waals surface area contributed by atoms with Gasteiger partial charge >= 0.3 is 0 Å². The molecule has 0 atom stereocenters. The number of nitrogens with one attached hydrogen (secondary N) is 1. The standard InChI is InChI=1S/C16H19ClN2O/c1-2-8-18-16-10-14(7-9-19-16)12-20-11-13-3-5-15(17)6-4-13/h3-7,9-10H,2,8,11-12H2,1H3,(H,18,19). The van der Waals surface area contributed by atoms with Crippen LogP contribution in [0.1, 0.15) is 24.5 Å². The van der Waals surface area contributed by atoms with Crippen LogP contribution in [-0.2, 0) is 18.0 Å². The van der Waals surface area contributed by atoms with Gasteiger partial charge in [-0.1, -0.05) is 30.7 Å². The van der Waals surface area contributed by atoms with Crippen LogP contribution in [0, 0.1) is 0 Å². The van der Waals surface area contributed by atoms with E-state index in [1.807, 2.05) is 36.4 Å². The molecule has 4 heteroatoms. The van der Waals surface area contributed by atoms with E-state index in [0.717, 1.165) is 34.9 Å². The molecule has 0 bridgehead atoms. The summed E-state index contributed by atoms with van der Waals surface area (Å²) in [5.74, 6) is 0.902. The quantitative estimate of drug-likeness (QED) is 0.827. The van der Waals surface area contributed by atoms with Crippen molar-refractivity contribution in [2.24, 2.45) is 0 Å². The van der Waals surface area contributed by atoms with Crippen molar-refractivity contribution in [2.75, 3.05) is 11.9 Å². The normalized spacial score (nSPS) is 10.5. The lowest BCUT2D eigenvalue weighted by Gasteiger charge is -2.07. The highest BCUT2D eigenvalue weighted by Gasteiger charge is 1.98. The predicted molar refractivity (Wildman–Crippen MR) is 83.0 cm³/mol. The second-order valence-electron chi connectivity index (χ2n) is 4.60. The average molecular weight is 291 g/mol. The number of benzene rings is 1. The summed E-state index contributed by atoms with van der Waals surface area (Å²) in [5, 5.41) is 4.01. The molecule has 20 heavy (non-hydrogen) atoms. The van der Waals surface area contributed by atoms with Crippen molar-refractivity contribution < 1.29 is 4.74 Å². The third-order valence-corrected chi connectivity index (χ3v) is 3.08. The molecule has 0 aliphatic heterocycles. The summed E-state index contributed by atoms with van der Waals surface area (Å²) in [7, 11) is 0. The van der Waals surface area contributed by atoms with Crippen molar-refractivity contribution in [3.63, 3.8) is 0 Å². The van der Waals surface area contributed by atoms with E-state index in [1.54, 1.807) is 6.20 Å². The predicted octanol–water partition coefficient (Wildman–Crippen LogP) is 4.27. The summed E-state index contributed by atoms with van der Waals surface area (Å²) >= 11 is 5.85. The minimum atomic E-state index is 0.575. The number of aromatic nitrogens is 1. The number of halogens is 1. The number of nitrogens with zero attached hydrogens (tertiary/aromatic N) is 1. The molecule has 1 aromatic heterocycles. The monoisotopic (exact) mass is 290 g/mol. The van der Waals surface area contributed by atoms with Gasteiger partial charge in [0.1, 0.15) is 5.82 Å². The summed E-state index contributed by atoms with van der Waals surface area (Å²) in [4.78, 5) is 4.27. The molecule has 2 aromatic rings. The molecule has 1 N–H and O–H groups in total. The number of hydrogen-bond acceptors (Lipinski definition) is 3. The molecule has 2 rings (SSSR count). The third-order valence-electron chi connectivity index (χ3n) is 2.83. The number of pyridine rings is 1. The Morgan fingerprint density at radius 2 is 1.85 bits per heavy atom. The van der Waals surface area contributed by atoms with Gasteiger partial charge in [-0.3, -0.25) is 0 Å². The van der Waals surface area contributed by atoms with E-state index in [1.165, 1.54) is 0 Å². The molecule has 0 aliphatic rings. The Morgan fingerprint density at radius 3 is 2.60 bits per heavy atom. The number of rotatable bonds is 7. The van der Waals surface area contributed by atoms with Crippen LogP contribution >= 0.6 is 11.6 Å². The van der Waals surface area contributed by atoms with Crippen LogP contribution in [0.2, 0.25) is 5.02 Å². The lowest BCUT2D eigenvalue weighted by atomic mass is 10.2. The first-order chi connectivity index (χ1) is 9.78. The van der Waals surface area contributed by atoms with Crippen molar-refractivity contribution in [1.82, 2.24) is 4.98 Å². The van der Waals surface area contributed by atoms with Gasteiger partial charge in [-0.25, -0.2) is 4.98 Å². The van der Waals surface area contributed by atoms with Gasteiger partial charge in [0, 0.05) is 17.8 Å². The van der Waals surface area contributed by atoms with Crippen LogP contribution in [0.15, 0.2) is 42.6 Å². The molecule has 0 radical (unpaired) electrons. The average Bonchev–Trinajstić information content (AvgIpc) is 2.48. The van der Waals surface area contributed by atoms with E-state index in [4.69, 9.17) is 16.3 Å². The first-order valence-electron chi connectivity index (χ1n) is 6.79. The lowest BCUT2D eigenvalue weighted by Crippen LogP contribution is -2.02. The number of hydrogen-bond donors (Lipinski definition) is 1. The first-order valence-corrected chi connectivity index (χ1v) is 7.16. The van der Waals surface area contributed by atoms with Crippen LogP contribution in [0.4, 0.5) is 5.82 Å². The van der Waals surface area contributed by atoms with Crippen LogP contribution in [0.5, 0.6) is 0 Å². The highest BCUT2D eigenvalue weighted by Crippen LogP contribution is 2.12. The Bertz CT molecular complexity index is 528. The Labute approximate surface area is 124 Å². The molecule has 3 nitrogen and oxygen atoms in total. The molecule has 0 fully saturated rings. The van der Waals surface area contributed by atoms with Crippen molar-refractivity contribution in [3.05, 3.63) is 58.7 Å². The van der Waals surface area contributed by atoms with Crippen LogP contribution in [0.3, 0.4) is 0 Å². The number of anilines is 1. The maximum Gasteiger partial charge on any atom is 0.126 e. The fraction of sp³-hybridized carbons (Fsp3) is 0.312. The molecule has 0 spiro atoms. The summed E-state index contributed by atoms with van der Waals surface area (Å²) in [6.07, 6.45) is 2.89. The summed E-state index contributed by atoms with van der Waals surface area (Å²) in [6.45, 7) is 4.22. The Balaban J connectivity index is 1.82. The van der Waals surface area contributed by atoms with E-state index in [2.05, 4.69) is 17.2 Å². The lowest BCUT2D eigenvalue weighted by molar-refractivity contribution is 0.107. The SMILES string of the molecule is CCCNc1cc(COCc2ccc(Cl)cc2)ccn1. The van der Waals surface area contributed by atoms with Crippen molar-refractivity contribution >= 4 is 17.4 Å². The molecule has 1 heterocycles. The Morgan fingerprint density at radius 1 is 1.10 bits per heavy atom. The molecule has 0 saturated heterocycles. The zero-order valence-corrected chi connectivity index (χ0v) is 12.4. The minimum absolute atomic E-state index is 0.575. The first kappa shape index (κ1) is 14.8. The van der Waals surface area contributed by atoms with Crippen LogP contribution in [0.25, 0.3) is 0 Å². The Hall–Kier alpha value is -1.58. The van der Waals surface area contributed by atoms with Crippen molar-refractivity contribution in [3.8, 4) is 0 Å². The van der Waals surface area contributed by atoms with Gasteiger partial charge in [0.05, 0.1) is 13.2 Å². The number of ether oxygens (including phenoxy) is 1. The molecular formula is C16H19ClN2O. The summed E-state index contributed by atoms with van der Waals surface area (Å²) in [5.41, 5.74) is 2.24. The molecule has 1 aromatic carbocycles. The van der Waals surface area contributed by atoms with Gasteiger partial charge in [-0.15, -0.1) is 0 Å². The smallest absolute Gasteiger partial charge is 0.126 e. The molecule has 106 valence electrons. The Kier molecular flexibility index (Phi) is 5.84. The van der Waals surface area contributed by atoms with Crippen LogP contribution < -0.4 is 5.32 Å². The second kappa shape index (κ2) is 7.88. The molecular weight excluding hydrogens is 272 g/mol. The molecule has 0 aliphatic carbocycles. The van der Waals surface area contributed by atoms with Gasteiger partial charge in [-0.2, -0.15) is 0 Å². The van der Waals surface area contributed by atoms with Crippen LogP contribution in [-0.4, -0.2) is 11.5 Å². The maximum absolute atomic E-state index is 5.85. The van der Waals surface area contributed by atoms with E-state index in [9.17, 15) is 0 Å². The second-order valence-corrected chi connectivity index (χ2v) is 5.03. The van der Waals surface area contributed by atoms with E-state index in [-0.39, 0.29) is 0 Å². The molecule has 0 saturated carbocycles. The minimum Gasteiger partial charge on any atom is -0.372 e. The summed E-state index contributed by atoms with van der Waals surface area (Å²) in [6, 6.07) is 11.7. The molecule has 0 unspecified atom stereocenters. The topological polar surface area (TPSA) is 34.1 Å². The summed E-state index contributed by atoms with van der Waals surface area (Å²) < 4.78 is 5.71. The fourth-order valence-electron chi connectivity index (χ4n) is 1.78. The zero-order valence-electron chi connectivity index (χ0n) is 11.6. The molecule has 0 amide bonds. The highest BCUT2D eigenvalue weighted by molar-refractivity contribution is 6.30. The van der Waals surface area contributed by atoms with Gasteiger partial charge < -0.3 is 10.1 Å². The van der Waals surface area contributed by atoms with Gasteiger partial charge in [0.2, 0.25) is 0 Å².